The van der Waals surface area contributed by atoms with Gasteiger partial charge in [0.1, 0.15) is 48.4 Å². The van der Waals surface area contributed by atoms with Gasteiger partial charge in [0, 0.05) is 33.6 Å². The number of halogens is 1. The molecule has 9 heteroatoms. The van der Waals surface area contributed by atoms with Crippen LogP contribution in [0.1, 0.15) is 30.4 Å². The van der Waals surface area contributed by atoms with E-state index >= 15 is 4.39 Å². The molecule has 0 N–H and O–H groups in total. The van der Waals surface area contributed by atoms with Crippen LogP contribution in [0.5, 0.6) is 17.4 Å². The number of nitrogens with zero attached hydrogens (tertiary/aromatic N) is 3. The highest BCUT2D eigenvalue weighted by Gasteiger charge is 2.25. The first-order chi connectivity index (χ1) is 22.2. The zero-order valence-corrected chi connectivity index (χ0v) is 27.7. The number of rotatable bonds is 15. The van der Waals surface area contributed by atoms with Crippen molar-refractivity contribution in [1.29, 1.82) is 0 Å². The van der Waals surface area contributed by atoms with Crippen LogP contribution in [0.25, 0.3) is 22.3 Å². The highest BCUT2D eigenvalue weighted by molar-refractivity contribution is 6.76. The molecule has 7 nitrogen and oxygen atoms in total. The summed E-state index contributed by atoms with van der Waals surface area (Å²) in [6, 6.07) is 25.6. The number of aromatic nitrogens is 3. The molecular weight excluding hydrogens is 598 g/mol. The summed E-state index contributed by atoms with van der Waals surface area (Å²) in [6.45, 7) is 8.43. The number of hydrogen-bond donors (Lipinski definition) is 0. The molecule has 1 aliphatic rings. The molecule has 0 atom stereocenters. The maximum atomic E-state index is 15.0. The Morgan fingerprint density at radius 2 is 1.72 bits per heavy atom. The summed E-state index contributed by atoms with van der Waals surface area (Å²) in [5.74, 6) is 1.47. The van der Waals surface area contributed by atoms with Gasteiger partial charge in [-0.15, -0.1) is 0 Å². The maximum absolute atomic E-state index is 15.0. The monoisotopic (exact) mass is 637 g/mol. The number of hydrogen-bond acceptors (Lipinski definition) is 6. The molecule has 0 amide bonds. The molecular formula is C37H40FN3O4Si. The van der Waals surface area contributed by atoms with Crippen molar-refractivity contribution in [1.82, 2.24) is 14.5 Å². The normalized spacial score (nSPS) is 13.2. The third kappa shape index (κ3) is 8.27. The van der Waals surface area contributed by atoms with Crippen molar-refractivity contribution in [2.24, 2.45) is 5.92 Å². The minimum Gasteiger partial charge on any atom is -0.489 e. The number of ketones is 1. The van der Waals surface area contributed by atoms with Gasteiger partial charge in [0.05, 0.1) is 11.1 Å². The number of carbonyl (C=O) groups is 1. The van der Waals surface area contributed by atoms with Crippen molar-refractivity contribution in [2.45, 2.75) is 64.7 Å². The molecule has 1 aliphatic carbocycles. The molecule has 238 valence electrons. The van der Waals surface area contributed by atoms with Gasteiger partial charge in [-0.3, -0.25) is 4.79 Å². The Balaban J connectivity index is 1.25. The fourth-order valence-electron chi connectivity index (χ4n) is 5.26. The molecule has 0 aliphatic heterocycles. The Labute approximate surface area is 270 Å². The topological polar surface area (TPSA) is 75.5 Å². The van der Waals surface area contributed by atoms with Gasteiger partial charge in [-0.25, -0.2) is 14.4 Å². The molecule has 0 bridgehead atoms. The van der Waals surface area contributed by atoms with Crippen LogP contribution in [0.15, 0.2) is 85.2 Å². The van der Waals surface area contributed by atoms with Crippen molar-refractivity contribution < 1.29 is 23.4 Å². The highest BCUT2D eigenvalue weighted by Crippen LogP contribution is 2.35. The quantitative estimate of drug-likeness (QED) is 0.0844. The second-order valence-corrected chi connectivity index (χ2v) is 18.9. The van der Waals surface area contributed by atoms with Crippen molar-refractivity contribution in [3.8, 4) is 28.6 Å². The smallest absolute Gasteiger partial charge is 0.231 e. The Hall–Kier alpha value is -4.34. The van der Waals surface area contributed by atoms with E-state index in [2.05, 4.69) is 29.6 Å². The van der Waals surface area contributed by atoms with E-state index in [1.807, 2.05) is 65.2 Å². The van der Waals surface area contributed by atoms with Crippen LogP contribution in [-0.4, -0.2) is 35.0 Å². The van der Waals surface area contributed by atoms with Crippen LogP contribution >= 0.6 is 0 Å². The van der Waals surface area contributed by atoms with Gasteiger partial charge in [-0.1, -0.05) is 56.0 Å². The summed E-state index contributed by atoms with van der Waals surface area (Å²) in [7, 11) is -1.27. The fraction of sp³-hybridized carbons (Fsp3) is 0.324. The van der Waals surface area contributed by atoms with Crippen molar-refractivity contribution in [3.63, 3.8) is 0 Å². The van der Waals surface area contributed by atoms with Crippen molar-refractivity contribution >= 4 is 24.9 Å². The van der Waals surface area contributed by atoms with E-state index in [1.54, 1.807) is 12.1 Å². The Morgan fingerprint density at radius 3 is 2.43 bits per heavy atom. The minimum absolute atomic E-state index is 0.0734. The fourth-order valence-corrected chi connectivity index (χ4v) is 6.02. The van der Waals surface area contributed by atoms with E-state index in [9.17, 15) is 4.79 Å². The highest BCUT2D eigenvalue weighted by atomic mass is 28.3. The lowest BCUT2D eigenvalue weighted by molar-refractivity contribution is -0.118. The molecule has 5 aromatic rings. The first kappa shape index (κ1) is 31.6. The van der Waals surface area contributed by atoms with Crippen LogP contribution in [0, 0.1) is 11.7 Å². The largest absolute Gasteiger partial charge is 0.489 e. The first-order valence-electron chi connectivity index (χ1n) is 15.9. The molecule has 1 saturated carbocycles. The average molecular weight is 638 g/mol. The van der Waals surface area contributed by atoms with E-state index in [1.165, 1.54) is 12.4 Å². The summed E-state index contributed by atoms with van der Waals surface area (Å²) in [5.41, 5.74) is 3.98. The van der Waals surface area contributed by atoms with E-state index in [0.29, 0.717) is 60.5 Å². The molecule has 3 aromatic carbocycles. The Kier molecular flexibility index (Phi) is 9.61. The van der Waals surface area contributed by atoms with Gasteiger partial charge in [-0.05, 0) is 77.9 Å². The second-order valence-electron chi connectivity index (χ2n) is 13.2. The van der Waals surface area contributed by atoms with Gasteiger partial charge >= 0.3 is 0 Å². The number of benzene rings is 3. The lowest BCUT2D eigenvalue weighted by atomic mass is 10.0. The van der Waals surface area contributed by atoms with E-state index in [4.69, 9.17) is 14.2 Å². The van der Waals surface area contributed by atoms with Crippen molar-refractivity contribution in [2.75, 3.05) is 6.61 Å². The van der Waals surface area contributed by atoms with Crippen molar-refractivity contribution in [3.05, 3.63) is 102 Å². The van der Waals surface area contributed by atoms with Crippen LogP contribution in [0.4, 0.5) is 4.39 Å². The van der Waals surface area contributed by atoms with E-state index in [-0.39, 0.29) is 12.2 Å². The molecule has 0 unspecified atom stereocenters. The number of ether oxygens (including phenoxy) is 3. The Bertz CT molecular complexity index is 1800. The number of carbonyl (C=O) groups excluding carboxylic acids is 1. The molecule has 0 radical (unpaired) electrons. The van der Waals surface area contributed by atoms with E-state index in [0.717, 1.165) is 41.5 Å². The SMILES string of the molecule is C[Si](C)(C)CCOCn1c(-c2ccc(OCc3ccccc3)cc2)cc2c(Oc3ccc(CC(=O)CC4CC4)c(F)c3)ncnc21. The Morgan fingerprint density at radius 1 is 0.957 bits per heavy atom. The third-order valence-corrected chi connectivity index (χ3v) is 9.81. The van der Waals surface area contributed by atoms with Gasteiger partial charge < -0.3 is 18.8 Å². The zero-order valence-electron chi connectivity index (χ0n) is 26.7. The zero-order chi connectivity index (χ0) is 32.1. The number of Topliss-reactive ketones (excluding diaryl/α,β-unsaturated/α-hetero) is 1. The van der Waals surface area contributed by atoms with Gasteiger partial charge in [0.25, 0.3) is 0 Å². The molecule has 6 rings (SSSR count). The second kappa shape index (κ2) is 14.0. The van der Waals surface area contributed by atoms with E-state index < -0.39 is 13.9 Å². The van der Waals surface area contributed by atoms with Crippen LogP contribution in [-0.2, 0) is 29.3 Å². The summed E-state index contributed by atoms with van der Waals surface area (Å²) in [4.78, 5) is 21.3. The molecule has 1 fully saturated rings. The lowest BCUT2D eigenvalue weighted by Crippen LogP contribution is -2.22. The molecule has 0 spiro atoms. The average Bonchev–Trinajstić information content (AvgIpc) is 3.77. The first-order valence-corrected chi connectivity index (χ1v) is 19.6. The lowest BCUT2D eigenvalue weighted by Gasteiger charge is -2.17. The van der Waals surface area contributed by atoms with Gasteiger partial charge in [0.2, 0.25) is 5.88 Å². The number of fused-ring (bicyclic) bond motifs is 1. The maximum Gasteiger partial charge on any atom is 0.231 e. The standard InChI is InChI=1S/C37H40FN3O4Si/c1-46(2,3)18-17-43-25-41-35(28-11-14-31(15-12-28)44-23-27-7-5-4-6-8-27)22-33-36(41)39-24-40-37(33)45-32-16-13-29(34(38)21-32)20-30(42)19-26-9-10-26/h4-8,11-16,21-22,24,26H,9-10,17-20,23,25H2,1-3H3. The summed E-state index contributed by atoms with van der Waals surface area (Å²) < 4.78 is 35.3. The predicted molar refractivity (Wildman–Crippen MR) is 180 cm³/mol. The molecule has 2 aromatic heterocycles. The van der Waals surface area contributed by atoms with Crippen LogP contribution < -0.4 is 9.47 Å². The summed E-state index contributed by atoms with van der Waals surface area (Å²) in [6.07, 6.45) is 4.26. The molecule has 2 heterocycles. The molecule has 46 heavy (non-hydrogen) atoms. The summed E-state index contributed by atoms with van der Waals surface area (Å²) in [5, 5.41) is 0.680. The van der Waals surface area contributed by atoms with Gasteiger partial charge in [-0.2, -0.15) is 0 Å². The summed E-state index contributed by atoms with van der Waals surface area (Å²) >= 11 is 0. The van der Waals surface area contributed by atoms with Gasteiger partial charge in [0.15, 0.2) is 0 Å². The van der Waals surface area contributed by atoms with Crippen LogP contribution in [0.2, 0.25) is 25.7 Å². The predicted octanol–water partition coefficient (Wildman–Crippen LogP) is 8.83. The molecule has 0 saturated heterocycles. The third-order valence-electron chi connectivity index (χ3n) is 8.11. The minimum atomic E-state index is -1.27. The van der Waals surface area contributed by atoms with Crippen LogP contribution in [0.3, 0.4) is 0 Å².